The number of hydrogen-bond acceptors (Lipinski definition) is 0. The van der Waals surface area contributed by atoms with Gasteiger partial charge >= 0.3 is 0 Å². The smallest absolute Gasteiger partial charge is 0.0471 e. The van der Waals surface area contributed by atoms with Crippen LogP contribution in [-0.4, -0.2) is 9.97 Å². The van der Waals surface area contributed by atoms with Crippen LogP contribution in [0.1, 0.15) is 0 Å². The number of fused-ring (bicyclic) bond motifs is 10. The first kappa shape index (κ1) is 14.3. The van der Waals surface area contributed by atoms with Gasteiger partial charge in [-0.3, -0.25) is 0 Å². The molecule has 0 unspecified atom stereocenters. The Kier molecular flexibility index (Phi) is 2.52. The standard InChI is InChI=1S/C26H16N2/c1-3-7-21-17(5-1)25-19-13-16-10-12-24-26(18-6-2-4-8-22(18)28-24)20(16)14-15(19)9-11-23(25)27-21/h1-14,27-28H. The highest BCUT2D eigenvalue weighted by Gasteiger charge is 2.12. The number of rotatable bonds is 0. The molecule has 0 radical (unpaired) electrons. The minimum absolute atomic E-state index is 1.19. The van der Waals surface area contributed by atoms with Crippen molar-refractivity contribution in [1.82, 2.24) is 9.97 Å². The van der Waals surface area contributed by atoms with Crippen molar-refractivity contribution >= 4 is 65.2 Å². The molecule has 2 nitrogen and oxygen atoms in total. The van der Waals surface area contributed by atoms with E-state index in [0.717, 1.165) is 0 Å². The third-order valence-electron chi connectivity index (χ3n) is 6.09. The zero-order valence-corrected chi connectivity index (χ0v) is 15.1. The molecular formula is C26H16N2. The summed E-state index contributed by atoms with van der Waals surface area (Å²) in [6.45, 7) is 0. The summed E-state index contributed by atoms with van der Waals surface area (Å²) in [5.74, 6) is 0. The average molecular weight is 356 g/mol. The second kappa shape index (κ2) is 4.93. The van der Waals surface area contributed by atoms with E-state index in [2.05, 4.69) is 94.9 Å². The van der Waals surface area contributed by atoms with Crippen LogP contribution in [0, 0.1) is 0 Å². The van der Waals surface area contributed by atoms with Gasteiger partial charge in [0.1, 0.15) is 0 Å². The lowest BCUT2D eigenvalue weighted by Gasteiger charge is -2.06. The van der Waals surface area contributed by atoms with Crippen molar-refractivity contribution < 1.29 is 0 Å². The molecule has 7 aromatic rings. The monoisotopic (exact) mass is 356 g/mol. The lowest BCUT2D eigenvalue weighted by molar-refractivity contribution is 1.55. The molecule has 0 aliphatic carbocycles. The normalized spacial score (nSPS) is 12.3. The molecule has 2 N–H and O–H groups in total. The molecule has 0 amide bonds. The Morgan fingerprint density at radius 1 is 0.393 bits per heavy atom. The number of H-pyrrole nitrogens is 2. The van der Waals surface area contributed by atoms with Gasteiger partial charge in [-0.2, -0.15) is 0 Å². The highest BCUT2D eigenvalue weighted by molar-refractivity contribution is 6.26. The Morgan fingerprint density at radius 3 is 1.36 bits per heavy atom. The molecule has 0 spiro atoms. The summed E-state index contributed by atoms with van der Waals surface area (Å²) < 4.78 is 0. The van der Waals surface area contributed by atoms with Crippen molar-refractivity contribution in [3.05, 3.63) is 84.9 Å². The van der Waals surface area contributed by atoms with Crippen molar-refractivity contribution in [2.24, 2.45) is 0 Å². The summed E-state index contributed by atoms with van der Waals surface area (Å²) >= 11 is 0. The van der Waals surface area contributed by atoms with E-state index < -0.39 is 0 Å². The summed E-state index contributed by atoms with van der Waals surface area (Å²) in [4.78, 5) is 7.13. The lowest BCUT2D eigenvalue weighted by atomic mass is 9.97. The molecule has 0 bridgehead atoms. The number of benzene rings is 5. The minimum atomic E-state index is 1.19. The average Bonchev–Trinajstić information content (AvgIpc) is 3.30. The van der Waals surface area contributed by atoms with Crippen LogP contribution in [0.5, 0.6) is 0 Å². The topological polar surface area (TPSA) is 31.6 Å². The molecule has 0 aliphatic rings. The van der Waals surface area contributed by atoms with Gasteiger partial charge in [0.05, 0.1) is 0 Å². The van der Waals surface area contributed by atoms with Gasteiger partial charge in [0.2, 0.25) is 0 Å². The first-order valence-corrected chi connectivity index (χ1v) is 9.63. The summed E-state index contributed by atoms with van der Waals surface area (Å²) in [6, 6.07) is 30.7. The number of hydrogen-bond donors (Lipinski definition) is 2. The van der Waals surface area contributed by atoms with Crippen LogP contribution < -0.4 is 0 Å². The summed E-state index contributed by atoms with van der Waals surface area (Å²) in [7, 11) is 0. The van der Waals surface area contributed by atoms with Crippen LogP contribution in [0.4, 0.5) is 0 Å². The molecule has 0 aliphatic heterocycles. The van der Waals surface area contributed by atoms with E-state index in [1.165, 1.54) is 65.2 Å². The predicted molar refractivity (Wildman–Crippen MR) is 120 cm³/mol. The second-order valence-electron chi connectivity index (χ2n) is 7.61. The van der Waals surface area contributed by atoms with Crippen LogP contribution in [0.3, 0.4) is 0 Å². The summed E-state index contributed by atoms with van der Waals surface area (Å²) in [5, 5.41) is 10.4. The maximum Gasteiger partial charge on any atom is 0.0471 e. The van der Waals surface area contributed by atoms with E-state index >= 15 is 0 Å². The highest BCUT2D eigenvalue weighted by atomic mass is 14.7. The van der Waals surface area contributed by atoms with E-state index in [1.807, 2.05) is 0 Å². The predicted octanol–water partition coefficient (Wildman–Crippen LogP) is 7.26. The number of aromatic nitrogens is 2. The largest absolute Gasteiger partial charge is 0.354 e. The number of nitrogens with one attached hydrogen (secondary N) is 2. The first-order valence-electron chi connectivity index (χ1n) is 9.63. The van der Waals surface area contributed by atoms with Crippen molar-refractivity contribution in [2.45, 2.75) is 0 Å². The molecule has 130 valence electrons. The fraction of sp³-hybridized carbons (Fsp3) is 0. The third kappa shape index (κ3) is 1.72. The fourth-order valence-electron chi connectivity index (χ4n) is 4.84. The van der Waals surface area contributed by atoms with Crippen LogP contribution >= 0.6 is 0 Å². The zero-order valence-electron chi connectivity index (χ0n) is 15.1. The molecule has 2 heteroatoms. The van der Waals surface area contributed by atoms with Gasteiger partial charge in [0.15, 0.2) is 0 Å². The van der Waals surface area contributed by atoms with Gasteiger partial charge in [0.25, 0.3) is 0 Å². The SMILES string of the molecule is c1ccc2c(c1)[nH]c1ccc3cc4c(ccc5[nH]c6ccccc6c54)cc3c12. The van der Waals surface area contributed by atoms with Crippen LogP contribution in [0.2, 0.25) is 0 Å². The Hall–Kier alpha value is -3.78. The molecular weight excluding hydrogens is 340 g/mol. The van der Waals surface area contributed by atoms with Crippen LogP contribution in [0.15, 0.2) is 84.9 Å². The van der Waals surface area contributed by atoms with Crippen molar-refractivity contribution in [3.8, 4) is 0 Å². The van der Waals surface area contributed by atoms with E-state index in [0.29, 0.717) is 0 Å². The highest BCUT2D eigenvalue weighted by Crippen LogP contribution is 2.38. The maximum atomic E-state index is 3.56. The quantitative estimate of drug-likeness (QED) is 0.268. The van der Waals surface area contributed by atoms with Gasteiger partial charge in [-0.05, 0) is 57.9 Å². The molecule has 0 saturated heterocycles. The third-order valence-corrected chi connectivity index (χ3v) is 6.09. The van der Waals surface area contributed by atoms with Crippen molar-refractivity contribution in [1.29, 1.82) is 0 Å². The molecule has 28 heavy (non-hydrogen) atoms. The van der Waals surface area contributed by atoms with E-state index in [1.54, 1.807) is 0 Å². The minimum Gasteiger partial charge on any atom is -0.354 e. The second-order valence-corrected chi connectivity index (χ2v) is 7.61. The number of para-hydroxylation sites is 2. The number of aromatic amines is 2. The van der Waals surface area contributed by atoms with E-state index in [9.17, 15) is 0 Å². The molecule has 7 rings (SSSR count). The maximum absolute atomic E-state index is 3.56. The molecule has 0 fully saturated rings. The van der Waals surface area contributed by atoms with Gasteiger partial charge in [-0.25, -0.2) is 0 Å². The summed E-state index contributed by atoms with van der Waals surface area (Å²) in [6.07, 6.45) is 0. The van der Waals surface area contributed by atoms with Crippen LogP contribution in [-0.2, 0) is 0 Å². The lowest BCUT2D eigenvalue weighted by Crippen LogP contribution is -1.80. The first-order chi connectivity index (χ1) is 13.9. The molecule has 2 heterocycles. The molecule has 5 aromatic carbocycles. The Morgan fingerprint density at radius 2 is 0.857 bits per heavy atom. The van der Waals surface area contributed by atoms with E-state index in [4.69, 9.17) is 0 Å². The Labute approximate surface area is 160 Å². The Bertz CT molecular complexity index is 1580. The zero-order chi connectivity index (χ0) is 18.2. The van der Waals surface area contributed by atoms with Gasteiger partial charge in [0, 0.05) is 43.6 Å². The Balaban J connectivity index is 1.71. The molecule has 2 aromatic heterocycles. The fourth-order valence-corrected chi connectivity index (χ4v) is 4.84. The van der Waals surface area contributed by atoms with Gasteiger partial charge in [-0.1, -0.05) is 48.5 Å². The molecule has 0 atom stereocenters. The summed E-state index contributed by atoms with van der Waals surface area (Å²) in [5.41, 5.74) is 4.77. The van der Waals surface area contributed by atoms with Crippen molar-refractivity contribution in [3.63, 3.8) is 0 Å². The van der Waals surface area contributed by atoms with Gasteiger partial charge in [-0.15, -0.1) is 0 Å². The van der Waals surface area contributed by atoms with Crippen molar-refractivity contribution in [2.75, 3.05) is 0 Å². The van der Waals surface area contributed by atoms with Crippen LogP contribution in [0.25, 0.3) is 65.2 Å². The molecule has 0 saturated carbocycles. The van der Waals surface area contributed by atoms with E-state index in [-0.39, 0.29) is 0 Å². The van der Waals surface area contributed by atoms with Gasteiger partial charge < -0.3 is 9.97 Å².